The second kappa shape index (κ2) is 6.57. The SMILES string of the molecule is CCN(/N=C\c1cc2c(cc1[N+](=O)[O-])OCO2)c1ccc(C)cc1. The van der Waals surface area contributed by atoms with Crippen molar-refractivity contribution in [3.05, 3.63) is 57.6 Å². The first-order chi connectivity index (χ1) is 11.6. The number of hydrazone groups is 1. The Kier molecular flexibility index (Phi) is 4.33. The normalized spacial score (nSPS) is 12.6. The molecule has 0 atom stereocenters. The second-order valence-electron chi connectivity index (χ2n) is 5.32. The average Bonchev–Trinajstić information content (AvgIpc) is 3.03. The molecule has 24 heavy (non-hydrogen) atoms. The summed E-state index contributed by atoms with van der Waals surface area (Å²) in [5.41, 5.74) is 2.38. The molecule has 2 aromatic carbocycles. The van der Waals surface area contributed by atoms with Crippen molar-refractivity contribution in [1.29, 1.82) is 0 Å². The largest absolute Gasteiger partial charge is 0.454 e. The van der Waals surface area contributed by atoms with E-state index < -0.39 is 4.92 Å². The van der Waals surface area contributed by atoms with Gasteiger partial charge in [0, 0.05) is 6.54 Å². The molecule has 0 aliphatic carbocycles. The number of nitro groups is 1. The third-order valence-electron chi connectivity index (χ3n) is 3.69. The number of ether oxygens (including phenoxy) is 2. The number of anilines is 1. The second-order valence-corrected chi connectivity index (χ2v) is 5.32. The molecular weight excluding hydrogens is 310 g/mol. The molecule has 2 aromatic rings. The maximum Gasteiger partial charge on any atom is 0.282 e. The van der Waals surface area contributed by atoms with Crippen molar-refractivity contribution in [3.8, 4) is 11.5 Å². The summed E-state index contributed by atoms with van der Waals surface area (Å²) in [6.07, 6.45) is 1.48. The molecule has 0 amide bonds. The summed E-state index contributed by atoms with van der Waals surface area (Å²) in [5, 5.41) is 17.4. The van der Waals surface area contributed by atoms with E-state index in [9.17, 15) is 10.1 Å². The highest BCUT2D eigenvalue weighted by Crippen LogP contribution is 2.37. The Labute approximate surface area is 139 Å². The van der Waals surface area contributed by atoms with E-state index in [-0.39, 0.29) is 12.5 Å². The van der Waals surface area contributed by atoms with Crippen molar-refractivity contribution in [1.82, 2.24) is 0 Å². The van der Waals surface area contributed by atoms with Crippen LogP contribution >= 0.6 is 0 Å². The Bertz CT molecular complexity index is 787. The van der Waals surface area contributed by atoms with Crippen LogP contribution in [0.1, 0.15) is 18.1 Å². The fourth-order valence-corrected chi connectivity index (χ4v) is 2.39. The molecule has 3 rings (SSSR count). The number of rotatable bonds is 5. The van der Waals surface area contributed by atoms with E-state index in [0.717, 1.165) is 11.3 Å². The number of benzene rings is 2. The van der Waals surface area contributed by atoms with Crippen LogP contribution in [-0.2, 0) is 0 Å². The Morgan fingerprint density at radius 2 is 1.92 bits per heavy atom. The van der Waals surface area contributed by atoms with Crippen molar-refractivity contribution in [2.75, 3.05) is 18.3 Å². The van der Waals surface area contributed by atoms with Gasteiger partial charge in [0.05, 0.1) is 28.5 Å². The molecule has 124 valence electrons. The Hall–Kier alpha value is -3.09. The maximum absolute atomic E-state index is 11.3. The van der Waals surface area contributed by atoms with Crippen molar-refractivity contribution < 1.29 is 14.4 Å². The van der Waals surface area contributed by atoms with Gasteiger partial charge in [0.1, 0.15) is 0 Å². The molecule has 7 heteroatoms. The minimum absolute atomic E-state index is 0.0667. The number of fused-ring (bicyclic) bond motifs is 1. The van der Waals surface area contributed by atoms with Gasteiger partial charge in [-0.3, -0.25) is 15.1 Å². The molecule has 0 aromatic heterocycles. The minimum atomic E-state index is -0.453. The first-order valence-electron chi connectivity index (χ1n) is 7.54. The van der Waals surface area contributed by atoms with E-state index in [1.165, 1.54) is 12.3 Å². The molecule has 0 fully saturated rings. The maximum atomic E-state index is 11.3. The minimum Gasteiger partial charge on any atom is -0.454 e. The van der Waals surface area contributed by atoms with Gasteiger partial charge in [-0.2, -0.15) is 5.10 Å². The number of hydrogen-bond donors (Lipinski definition) is 0. The molecule has 1 aliphatic heterocycles. The standard InChI is InChI=1S/C17H17N3O4/c1-3-19(14-6-4-12(2)5-7-14)18-10-13-8-16-17(24-11-23-16)9-15(13)20(21)22/h4-10H,3,11H2,1-2H3/b18-10-. The lowest BCUT2D eigenvalue weighted by atomic mass is 10.1. The Balaban J connectivity index is 1.92. The monoisotopic (exact) mass is 327 g/mol. The van der Waals surface area contributed by atoms with Gasteiger partial charge < -0.3 is 9.47 Å². The highest BCUT2D eigenvalue weighted by Gasteiger charge is 2.22. The highest BCUT2D eigenvalue weighted by atomic mass is 16.7. The van der Waals surface area contributed by atoms with E-state index in [1.54, 1.807) is 11.1 Å². The molecule has 1 heterocycles. The lowest BCUT2D eigenvalue weighted by Crippen LogP contribution is -2.15. The van der Waals surface area contributed by atoms with Crippen LogP contribution in [0.2, 0.25) is 0 Å². The summed E-state index contributed by atoms with van der Waals surface area (Å²) in [6.45, 7) is 4.68. The lowest BCUT2D eigenvalue weighted by molar-refractivity contribution is -0.385. The summed E-state index contributed by atoms with van der Waals surface area (Å²) in [6, 6.07) is 10.9. The Morgan fingerprint density at radius 1 is 1.25 bits per heavy atom. The molecular formula is C17H17N3O4. The smallest absolute Gasteiger partial charge is 0.282 e. The summed E-state index contributed by atoms with van der Waals surface area (Å²) in [5.74, 6) is 0.866. The van der Waals surface area contributed by atoms with Crippen LogP contribution in [0.25, 0.3) is 0 Å². The third-order valence-corrected chi connectivity index (χ3v) is 3.69. The highest BCUT2D eigenvalue weighted by molar-refractivity contribution is 5.87. The van der Waals surface area contributed by atoms with Crippen molar-refractivity contribution in [2.45, 2.75) is 13.8 Å². The van der Waals surface area contributed by atoms with Crippen LogP contribution < -0.4 is 14.5 Å². The topological polar surface area (TPSA) is 77.2 Å². The van der Waals surface area contributed by atoms with Crippen LogP contribution in [0.5, 0.6) is 11.5 Å². The predicted molar refractivity (Wildman–Crippen MR) is 91.0 cm³/mol. The molecule has 0 unspecified atom stereocenters. The molecule has 0 spiro atoms. The zero-order valence-corrected chi connectivity index (χ0v) is 13.4. The van der Waals surface area contributed by atoms with Gasteiger partial charge in [-0.1, -0.05) is 17.7 Å². The first kappa shape index (κ1) is 15.8. The van der Waals surface area contributed by atoms with Crippen LogP contribution in [0, 0.1) is 17.0 Å². The van der Waals surface area contributed by atoms with Gasteiger partial charge in [0.25, 0.3) is 5.69 Å². The summed E-state index contributed by atoms with van der Waals surface area (Å²) in [4.78, 5) is 10.8. The van der Waals surface area contributed by atoms with Crippen LogP contribution in [0.3, 0.4) is 0 Å². The van der Waals surface area contributed by atoms with Crippen molar-refractivity contribution >= 4 is 17.6 Å². The van der Waals surface area contributed by atoms with Crippen LogP contribution in [-0.4, -0.2) is 24.5 Å². The molecule has 0 N–H and O–H groups in total. The van der Waals surface area contributed by atoms with Gasteiger partial charge in [-0.05, 0) is 32.0 Å². The quantitative estimate of drug-likeness (QED) is 0.477. The molecule has 0 bridgehead atoms. The molecule has 1 aliphatic rings. The fourth-order valence-electron chi connectivity index (χ4n) is 2.39. The third kappa shape index (κ3) is 3.15. The number of nitrogens with zero attached hydrogens (tertiary/aromatic N) is 3. The number of aryl methyl sites for hydroxylation is 1. The Morgan fingerprint density at radius 3 is 2.54 bits per heavy atom. The molecule has 7 nitrogen and oxygen atoms in total. The van der Waals surface area contributed by atoms with Gasteiger partial charge in [-0.25, -0.2) is 0 Å². The van der Waals surface area contributed by atoms with Gasteiger partial charge in [-0.15, -0.1) is 0 Å². The van der Waals surface area contributed by atoms with Gasteiger partial charge >= 0.3 is 0 Å². The zero-order valence-electron chi connectivity index (χ0n) is 13.4. The lowest BCUT2D eigenvalue weighted by Gasteiger charge is -2.16. The van der Waals surface area contributed by atoms with E-state index >= 15 is 0 Å². The van der Waals surface area contributed by atoms with Gasteiger partial charge in [0.15, 0.2) is 11.5 Å². The van der Waals surface area contributed by atoms with Crippen molar-refractivity contribution in [2.24, 2.45) is 5.10 Å². The molecule has 0 saturated heterocycles. The van der Waals surface area contributed by atoms with E-state index in [1.807, 2.05) is 38.1 Å². The molecule has 0 radical (unpaired) electrons. The van der Waals surface area contributed by atoms with Crippen LogP contribution in [0.4, 0.5) is 11.4 Å². The number of nitro benzene ring substituents is 1. The average molecular weight is 327 g/mol. The zero-order chi connectivity index (χ0) is 17.1. The number of hydrogen-bond acceptors (Lipinski definition) is 6. The molecule has 0 saturated carbocycles. The predicted octanol–water partition coefficient (Wildman–Crippen LogP) is 3.49. The van der Waals surface area contributed by atoms with E-state index in [0.29, 0.717) is 23.6 Å². The van der Waals surface area contributed by atoms with Gasteiger partial charge in [0.2, 0.25) is 6.79 Å². The first-order valence-corrected chi connectivity index (χ1v) is 7.54. The summed E-state index contributed by atoms with van der Waals surface area (Å²) < 4.78 is 10.5. The fraction of sp³-hybridized carbons (Fsp3) is 0.235. The van der Waals surface area contributed by atoms with E-state index in [4.69, 9.17) is 9.47 Å². The van der Waals surface area contributed by atoms with E-state index in [2.05, 4.69) is 5.10 Å². The van der Waals surface area contributed by atoms with Crippen LogP contribution in [0.15, 0.2) is 41.5 Å². The van der Waals surface area contributed by atoms with Crippen molar-refractivity contribution in [3.63, 3.8) is 0 Å². The summed E-state index contributed by atoms with van der Waals surface area (Å²) >= 11 is 0. The summed E-state index contributed by atoms with van der Waals surface area (Å²) in [7, 11) is 0.